The predicted molar refractivity (Wildman–Crippen MR) is 90.2 cm³/mol. The van der Waals surface area contributed by atoms with E-state index < -0.39 is 0 Å². The molecule has 0 radical (unpaired) electrons. The molecular formula is C17H23N5O. The van der Waals surface area contributed by atoms with Crippen molar-refractivity contribution < 1.29 is 4.79 Å². The third kappa shape index (κ3) is 4.15. The van der Waals surface area contributed by atoms with E-state index in [1.54, 1.807) is 0 Å². The minimum Gasteiger partial charge on any atom is -0.368 e. The molecule has 6 heteroatoms. The minimum absolute atomic E-state index is 0.104. The number of nitrogens with zero attached hydrogens (tertiary/aromatic N) is 3. The highest BCUT2D eigenvalue weighted by molar-refractivity contribution is 5.85. The van der Waals surface area contributed by atoms with Gasteiger partial charge in [-0.1, -0.05) is 19.3 Å². The molecule has 1 amide bonds. The molecule has 2 heterocycles. The summed E-state index contributed by atoms with van der Waals surface area (Å²) in [6, 6.07) is 4.22. The average Bonchev–Trinajstić information content (AvgIpc) is 2.56. The van der Waals surface area contributed by atoms with E-state index in [9.17, 15) is 4.79 Å². The minimum atomic E-state index is 0.104. The SMILES string of the molecule is Cc1ccc2ncnc(NCCC(=O)NC3CCCCC3)c2n1. The number of hydrogen-bond donors (Lipinski definition) is 2. The van der Waals surface area contributed by atoms with Crippen molar-refractivity contribution in [2.75, 3.05) is 11.9 Å². The number of rotatable bonds is 5. The van der Waals surface area contributed by atoms with E-state index in [4.69, 9.17) is 0 Å². The van der Waals surface area contributed by atoms with E-state index in [1.165, 1.54) is 25.6 Å². The monoisotopic (exact) mass is 313 g/mol. The fourth-order valence-corrected chi connectivity index (χ4v) is 3.01. The lowest BCUT2D eigenvalue weighted by molar-refractivity contribution is -0.121. The van der Waals surface area contributed by atoms with E-state index in [0.717, 1.165) is 29.6 Å². The normalized spacial score (nSPS) is 15.5. The van der Waals surface area contributed by atoms with Gasteiger partial charge < -0.3 is 10.6 Å². The first-order chi connectivity index (χ1) is 11.2. The van der Waals surface area contributed by atoms with Crippen LogP contribution in [-0.2, 0) is 4.79 Å². The molecule has 23 heavy (non-hydrogen) atoms. The Balaban J connectivity index is 1.54. The van der Waals surface area contributed by atoms with Gasteiger partial charge in [-0.15, -0.1) is 0 Å². The molecule has 2 N–H and O–H groups in total. The lowest BCUT2D eigenvalue weighted by Gasteiger charge is -2.22. The molecule has 6 nitrogen and oxygen atoms in total. The maximum absolute atomic E-state index is 12.0. The molecule has 1 saturated carbocycles. The molecule has 0 aliphatic heterocycles. The molecule has 0 saturated heterocycles. The summed E-state index contributed by atoms with van der Waals surface area (Å²) in [6.45, 7) is 2.48. The molecule has 0 aromatic carbocycles. The van der Waals surface area contributed by atoms with Crippen LogP contribution in [0.4, 0.5) is 5.82 Å². The Hall–Kier alpha value is -2.24. The first kappa shape index (κ1) is 15.6. The summed E-state index contributed by atoms with van der Waals surface area (Å²) in [7, 11) is 0. The first-order valence-corrected chi connectivity index (χ1v) is 8.34. The van der Waals surface area contributed by atoms with Crippen LogP contribution in [0.1, 0.15) is 44.2 Å². The van der Waals surface area contributed by atoms with Crippen molar-refractivity contribution in [3.8, 4) is 0 Å². The number of carbonyl (C=O) groups excluding carboxylic acids is 1. The van der Waals surface area contributed by atoms with Crippen molar-refractivity contribution >= 4 is 22.8 Å². The van der Waals surface area contributed by atoms with Gasteiger partial charge >= 0.3 is 0 Å². The van der Waals surface area contributed by atoms with E-state index in [-0.39, 0.29) is 5.91 Å². The van der Waals surface area contributed by atoms with Crippen LogP contribution in [0.15, 0.2) is 18.5 Å². The van der Waals surface area contributed by atoms with Crippen LogP contribution in [-0.4, -0.2) is 33.4 Å². The maximum Gasteiger partial charge on any atom is 0.221 e. The molecule has 122 valence electrons. The highest BCUT2D eigenvalue weighted by atomic mass is 16.1. The third-order valence-corrected chi connectivity index (χ3v) is 4.24. The van der Waals surface area contributed by atoms with E-state index in [1.807, 2.05) is 19.1 Å². The van der Waals surface area contributed by atoms with Gasteiger partial charge in [0, 0.05) is 24.7 Å². The Morgan fingerprint density at radius 2 is 2.04 bits per heavy atom. The molecule has 0 atom stereocenters. The fraction of sp³-hybridized carbons (Fsp3) is 0.529. The number of aromatic nitrogens is 3. The molecule has 2 aromatic rings. The van der Waals surface area contributed by atoms with Gasteiger partial charge in [-0.2, -0.15) is 0 Å². The molecule has 3 rings (SSSR count). The Morgan fingerprint density at radius 3 is 2.87 bits per heavy atom. The molecule has 1 aliphatic rings. The topological polar surface area (TPSA) is 79.8 Å². The van der Waals surface area contributed by atoms with Crippen LogP contribution >= 0.6 is 0 Å². The molecular weight excluding hydrogens is 290 g/mol. The van der Waals surface area contributed by atoms with Crippen LogP contribution in [0, 0.1) is 6.92 Å². The number of nitrogens with one attached hydrogen (secondary N) is 2. The number of amides is 1. The summed E-state index contributed by atoms with van der Waals surface area (Å²) < 4.78 is 0. The Morgan fingerprint density at radius 1 is 1.22 bits per heavy atom. The number of carbonyl (C=O) groups is 1. The molecule has 0 spiro atoms. The maximum atomic E-state index is 12.0. The lowest BCUT2D eigenvalue weighted by atomic mass is 9.95. The zero-order valence-electron chi connectivity index (χ0n) is 13.5. The Labute approximate surface area is 136 Å². The molecule has 0 unspecified atom stereocenters. The van der Waals surface area contributed by atoms with Crippen LogP contribution in [0.5, 0.6) is 0 Å². The van der Waals surface area contributed by atoms with Gasteiger partial charge in [-0.3, -0.25) is 4.79 Å². The van der Waals surface area contributed by atoms with Gasteiger partial charge in [0.15, 0.2) is 5.82 Å². The summed E-state index contributed by atoms with van der Waals surface area (Å²) >= 11 is 0. The summed E-state index contributed by atoms with van der Waals surface area (Å²) in [5.74, 6) is 0.788. The van der Waals surface area contributed by atoms with Crippen LogP contribution in [0.2, 0.25) is 0 Å². The molecule has 2 aromatic heterocycles. The smallest absolute Gasteiger partial charge is 0.221 e. The summed E-state index contributed by atoms with van der Waals surface area (Å²) in [6.07, 6.45) is 7.92. The second kappa shape index (κ2) is 7.35. The van der Waals surface area contributed by atoms with Crippen LogP contribution < -0.4 is 10.6 Å². The third-order valence-electron chi connectivity index (χ3n) is 4.24. The number of aryl methyl sites for hydroxylation is 1. The number of fused-ring (bicyclic) bond motifs is 1. The highest BCUT2D eigenvalue weighted by Crippen LogP contribution is 2.18. The molecule has 0 bridgehead atoms. The second-order valence-electron chi connectivity index (χ2n) is 6.12. The van der Waals surface area contributed by atoms with Crippen molar-refractivity contribution in [3.05, 3.63) is 24.2 Å². The van der Waals surface area contributed by atoms with Crippen molar-refractivity contribution in [2.24, 2.45) is 0 Å². The largest absolute Gasteiger partial charge is 0.368 e. The standard InChI is InChI=1S/C17H23N5O/c1-12-7-8-14-16(21-12)17(20-11-19-14)18-10-9-15(23)22-13-5-3-2-4-6-13/h7-8,11,13H,2-6,9-10H2,1H3,(H,22,23)(H,18,19,20). The van der Waals surface area contributed by atoms with Crippen LogP contribution in [0.25, 0.3) is 11.0 Å². The van der Waals surface area contributed by atoms with E-state index >= 15 is 0 Å². The number of anilines is 1. The summed E-state index contributed by atoms with van der Waals surface area (Å²) in [5.41, 5.74) is 2.48. The van der Waals surface area contributed by atoms with E-state index in [2.05, 4.69) is 25.6 Å². The van der Waals surface area contributed by atoms with Gasteiger partial charge in [0.1, 0.15) is 11.8 Å². The van der Waals surface area contributed by atoms with Gasteiger partial charge in [0.05, 0.1) is 5.52 Å². The Kier molecular flexibility index (Phi) is 5.00. The zero-order chi connectivity index (χ0) is 16.1. The quantitative estimate of drug-likeness (QED) is 0.887. The van der Waals surface area contributed by atoms with Crippen molar-refractivity contribution in [1.29, 1.82) is 0 Å². The van der Waals surface area contributed by atoms with Crippen molar-refractivity contribution in [3.63, 3.8) is 0 Å². The molecule has 1 fully saturated rings. The number of pyridine rings is 1. The number of hydrogen-bond acceptors (Lipinski definition) is 5. The van der Waals surface area contributed by atoms with Crippen LogP contribution in [0.3, 0.4) is 0 Å². The summed E-state index contributed by atoms with van der Waals surface area (Å²) in [4.78, 5) is 25.0. The fourth-order valence-electron chi connectivity index (χ4n) is 3.01. The molecule has 1 aliphatic carbocycles. The summed E-state index contributed by atoms with van der Waals surface area (Å²) in [5, 5.41) is 6.33. The van der Waals surface area contributed by atoms with Gasteiger partial charge in [-0.25, -0.2) is 15.0 Å². The van der Waals surface area contributed by atoms with Gasteiger partial charge in [-0.05, 0) is 31.9 Å². The van der Waals surface area contributed by atoms with Gasteiger partial charge in [0.2, 0.25) is 5.91 Å². The van der Waals surface area contributed by atoms with Crippen molar-refractivity contribution in [1.82, 2.24) is 20.3 Å². The van der Waals surface area contributed by atoms with E-state index in [0.29, 0.717) is 24.8 Å². The first-order valence-electron chi connectivity index (χ1n) is 8.34. The average molecular weight is 313 g/mol. The Bertz CT molecular complexity index is 682. The van der Waals surface area contributed by atoms with Crippen molar-refractivity contribution in [2.45, 2.75) is 51.5 Å². The lowest BCUT2D eigenvalue weighted by Crippen LogP contribution is -2.36. The second-order valence-corrected chi connectivity index (χ2v) is 6.12. The highest BCUT2D eigenvalue weighted by Gasteiger charge is 2.15. The zero-order valence-corrected chi connectivity index (χ0v) is 13.5. The van der Waals surface area contributed by atoms with Gasteiger partial charge in [0.25, 0.3) is 0 Å². The predicted octanol–water partition coefficient (Wildman–Crippen LogP) is 2.58.